The number of anilines is 1. The number of benzene rings is 1. The molecule has 0 bridgehead atoms. The zero-order chi connectivity index (χ0) is 13.1. The topological polar surface area (TPSA) is 21.3 Å². The molecule has 1 atom stereocenters. The average Bonchev–Trinajstić information content (AvgIpc) is 2.21. The van der Waals surface area contributed by atoms with Gasteiger partial charge in [0.25, 0.3) is 0 Å². The lowest BCUT2D eigenvalue weighted by molar-refractivity contribution is 0.0128. The zero-order valence-corrected chi connectivity index (χ0v) is 13.0. The van der Waals surface area contributed by atoms with Crippen LogP contribution in [0.2, 0.25) is 5.02 Å². The summed E-state index contributed by atoms with van der Waals surface area (Å²) in [7, 11) is 1.74. The van der Waals surface area contributed by atoms with Gasteiger partial charge in [-0.25, -0.2) is 0 Å². The van der Waals surface area contributed by atoms with Gasteiger partial charge < -0.3 is 10.1 Å². The van der Waals surface area contributed by atoms with Crippen LogP contribution in [-0.4, -0.2) is 18.8 Å². The molecule has 0 aliphatic carbocycles. The van der Waals surface area contributed by atoms with Crippen molar-refractivity contribution in [3.05, 3.63) is 27.7 Å². The molecule has 0 radical (unpaired) electrons. The minimum absolute atomic E-state index is 0.131. The minimum atomic E-state index is -0.131. The summed E-state index contributed by atoms with van der Waals surface area (Å²) in [4.78, 5) is 0. The number of hydrogen-bond acceptors (Lipinski definition) is 2. The van der Waals surface area contributed by atoms with Gasteiger partial charge in [-0.2, -0.15) is 0 Å². The molecule has 0 spiro atoms. The largest absolute Gasteiger partial charge is 0.381 e. The Morgan fingerprint density at radius 2 is 2.12 bits per heavy atom. The summed E-state index contributed by atoms with van der Waals surface area (Å²) in [5, 5.41) is 4.12. The van der Waals surface area contributed by atoms with E-state index >= 15 is 0 Å². The minimum Gasteiger partial charge on any atom is -0.381 e. The normalized spacial score (nSPS) is 13.5. The van der Waals surface area contributed by atoms with Crippen LogP contribution in [0.4, 0.5) is 5.69 Å². The summed E-state index contributed by atoms with van der Waals surface area (Å²) in [6, 6.07) is 6.13. The van der Waals surface area contributed by atoms with Crippen molar-refractivity contribution in [1.29, 1.82) is 0 Å². The van der Waals surface area contributed by atoms with Crippen LogP contribution in [-0.2, 0) is 4.74 Å². The maximum atomic E-state index is 6.15. The van der Waals surface area contributed by atoms with Gasteiger partial charge in [0.1, 0.15) is 0 Å². The summed E-state index contributed by atoms with van der Waals surface area (Å²) in [5.74, 6) is 0. The molecule has 0 saturated carbocycles. The van der Waals surface area contributed by atoms with Crippen LogP contribution >= 0.6 is 27.5 Å². The first-order valence-corrected chi connectivity index (χ1v) is 6.78. The van der Waals surface area contributed by atoms with E-state index in [0.29, 0.717) is 6.04 Å². The highest BCUT2D eigenvalue weighted by Crippen LogP contribution is 2.27. The van der Waals surface area contributed by atoms with E-state index in [2.05, 4.69) is 42.0 Å². The fourth-order valence-electron chi connectivity index (χ4n) is 1.74. The van der Waals surface area contributed by atoms with E-state index < -0.39 is 0 Å². The smallest absolute Gasteiger partial charge is 0.0648 e. The van der Waals surface area contributed by atoms with Gasteiger partial charge in [-0.15, -0.1) is 0 Å². The summed E-state index contributed by atoms with van der Waals surface area (Å²) in [6.07, 6.45) is 0.913. The molecule has 2 nitrogen and oxygen atoms in total. The van der Waals surface area contributed by atoms with E-state index in [1.807, 2.05) is 18.2 Å². The summed E-state index contributed by atoms with van der Waals surface area (Å²) < 4.78 is 6.40. The van der Waals surface area contributed by atoms with Crippen LogP contribution in [0.5, 0.6) is 0 Å². The second-order valence-corrected chi connectivity index (χ2v) is 6.16. The van der Waals surface area contributed by atoms with Crippen LogP contribution in [0.3, 0.4) is 0 Å². The lowest BCUT2D eigenvalue weighted by Gasteiger charge is -2.27. The van der Waals surface area contributed by atoms with Gasteiger partial charge in [-0.1, -0.05) is 27.5 Å². The molecule has 1 aromatic carbocycles. The molecule has 0 heterocycles. The van der Waals surface area contributed by atoms with Crippen LogP contribution in [0.1, 0.15) is 27.2 Å². The predicted octanol–water partition coefficient (Wildman–Crippen LogP) is 4.72. The highest BCUT2D eigenvalue weighted by Gasteiger charge is 2.20. The number of nitrogens with one attached hydrogen (secondary N) is 1. The third-order valence-corrected chi connectivity index (χ3v) is 3.49. The van der Waals surface area contributed by atoms with Gasteiger partial charge in [-0.05, 0) is 45.4 Å². The van der Waals surface area contributed by atoms with Crippen LogP contribution in [0.25, 0.3) is 0 Å². The Labute approximate surface area is 117 Å². The Bertz CT molecular complexity index is 382. The molecule has 4 heteroatoms. The molecule has 0 fully saturated rings. The Balaban J connectivity index is 2.65. The molecular weight excluding hydrogens is 302 g/mol. The third kappa shape index (κ3) is 4.86. The molecule has 0 aliphatic rings. The van der Waals surface area contributed by atoms with E-state index in [1.165, 1.54) is 0 Å². The first-order chi connectivity index (χ1) is 7.84. The predicted molar refractivity (Wildman–Crippen MR) is 77.9 cm³/mol. The molecule has 0 saturated heterocycles. The van der Waals surface area contributed by atoms with Crippen LogP contribution in [0.15, 0.2) is 22.7 Å². The molecule has 17 heavy (non-hydrogen) atoms. The maximum absolute atomic E-state index is 6.15. The summed E-state index contributed by atoms with van der Waals surface area (Å²) in [6.45, 7) is 6.28. The van der Waals surface area contributed by atoms with E-state index in [1.54, 1.807) is 7.11 Å². The Morgan fingerprint density at radius 3 is 2.65 bits per heavy atom. The molecule has 0 amide bonds. The van der Waals surface area contributed by atoms with Gasteiger partial charge >= 0.3 is 0 Å². The fourth-order valence-corrected chi connectivity index (χ4v) is 2.47. The van der Waals surface area contributed by atoms with Gasteiger partial charge in [-0.3, -0.25) is 0 Å². The van der Waals surface area contributed by atoms with E-state index in [9.17, 15) is 0 Å². The quantitative estimate of drug-likeness (QED) is 0.847. The number of halogens is 2. The first-order valence-electron chi connectivity index (χ1n) is 5.61. The van der Waals surface area contributed by atoms with Gasteiger partial charge in [0.2, 0.25) is 0 Å². The zero-order valence-electron chi connectivity index (χ0n) is 10.7. The van der Waals surface area contributed by atoms with Crippen molar-refractivity contribution in [2.24, 2.45) is 0 Å². The fraction of sp³-hybridized carbons (Fsp3) is 0.538. The summed E-state index contributed by atoms with van der Waals surface area (Å²) in [5.41, 5.74) is 0.822. The van der Waals surface area contributed by atoms with Crippen molar-refractivity contribution in [3.8, 4) is 0 Å². The average molecular weight is 321 g/mol. The van der Waals surface area contributed by atoms with Gasteiger partial charge in [0.15, 0.2) is 0 Å². The van der Waals surface area contributed by atoms with E-state index in [0.717, 1.165) is 21.6 Å². The van der Waals surface area contributed by atoms with Gasteiger partial charge in [0, 0.05) is 17.6 Å². The number of methoxy groups -OCH3 is 1. The molecule has 0 aromatic heterocycles. The van der Waals surface area contributed by atoms with Crippen molar-refractivity contribution in [1.82, 2.24) is 0 Å². The lowest BCUT2D eigenvalue weighted by Crippen LogP contribution is -2.31. The van der Waals surface area contributed by atoms with Crippen LogP contribution < -0.4 is 5.32 Å². The van der Waals surface area contributed by atoms with Crippen molar-refractivity contribution in [3.63, 3.8) is 0 Å². The highest BCUT2D eigenvalue weighted by molar-refractivity contribution is 9.10. The van der Waals surface area contributed by atoms with Gasteiger partial charge in [0.05, 0.1) is 16.3 Å². The second kappa shape index (κ2) is 6.07. The van der Waals surface area contributed by atoms with Crippen molar-refractivity contribution >= 4 is 33.2 Å². The first kappa shape index (κ1) is 14.8. The molecule has 1 unspecified atom stereocenters. The molecule has 0 aliphatic heterocycles. The number of hydrogen-bond donors (Lipinski definition) is 1. The standard InChI is InChI=1S/C13H19BrClNO/c1-9(8-13(2,3)17-4)16-12-6-5-10(14)7-11(12)15/h5-7,9,16H,8H2,1-4H3. The van der Waals surface area contributed by atoms with E-state index in [-0.39, 0.29) is 5.60 Å². The Kier molecular flexibility index (Phi) is 5.29. The maximum Gasteiger partial charge on any atom is 0.0648 e. The number of ether oxygens (including phenoxy) is 1. The molecule has 1 N–H and O–H groups in total. The molecular formula is C13H19BrClNO. The molecule has 96 valence electrons. The monoisotopic (exact) mass is 319 g/mol. The Morgan fingerprint density at radius 1 is 1.47 bits per heavy atom. The van der Waals surface area contributed by atoms with Crippen molar-refractivity contribution in [2.45, 2.75) is 38.8 Å². The summed E-state index contributed by atoms with van der Waals surface area (Å²) >= 11 is 9.55. The molecule has 1 rings (SSSR count). The highest BCUT2D eigenvalue weighted by atomic mass is 79.9. The number of rotatable bonds is 5. The van der Waals surface area contributed by atoms with Crippen molar-refractivity contribution in [2.75, 3.05) is 12.4 Å². The second-order valence-electron chi connectivity index (χ2n) is 4.84. The lowest BCUT2D eigenvalue weighted by atomic mass is 10.00. The van der Waals surface area contributed by atoms with E-state index in [4.69, 9.17) is 16.3 Å². The van der Waals surface area contributed by atoms with Crippen LogP contribution in [0, 0.1) is 0 Å². The Hall–Kier alpha value is -0.250. The SMILES string of the molecule is COC(C)(C)CC(C)Nc1ccc(Br)cc1Cl. The molecule has 1 aromatic rings. The van der Waals surface area contributed by atoms with Crippen molar-refractivity contribution < 1.29 is 4.74 Å². The third-order valence-electron chi connectivity index (χ3n) is 2.68.